The lowest BCUT2D eigenvalue weighted by Crippen LogP contribution is -2.36. The Hall–Kier alpha value is -1.40. The molecule has 0 unspecified atom stereocenters. The van der Waals surface area contributed by atoms with Gasteiger partial charge in [0.05, 0.1) is 6.54 Å². The zero-order chi connectivity index (χ0) is 14.9. The third-order valence-corrected chi connectivity index (χ3v) is 4.33. The van der Waals surface area contributed by atoms with Crippen molar-refractivity contribution in [2.45, 2.75) is 32.2 Å². The lowest BCUT2D eigenvalue weighted by molar-refractivity contribution is -0.138. The SMILES string of the molecule is O=C(COCC(=O)N1CCCCCC1)NCc1cccs1. The Morgan fingerprint density at radius 3 is 2.62 bits per heavy atom. The molecule has 1 fully saturated rings. The van der Waals surface area contributed by atoms with Crippen LogP contribution in [0.3, 0.4) is 0 Å². The number of likely N-dealkylation sites (tertiary alicyclic amines) is 1. The van der Waals surface area contributed by atoms with Gasteiger partial charge in [0, 0.05) is 18.0 Å². The van der Waals surface area contributed by atoms with Gasteiger partial charge in [-0.3, -0.25) is 9.59 Å². The van der Waals surface area contributed by atoms with Gasteiger partial charge in [0.2, 0.25) is 11.8 Å². The van der Waals surface area contributed by atoms with Gasteiger partial charge in [0.1, 0.15) is 13.2 Å². The summed E-state index contributed by atoms with van der Waals surface area (Å²) in [6.07, 6.45) is 4.51. The molecule has 116 valence electrons. The zero-order valence-electron chi connectivity index (χ0n) is 12.2. The summed E-state index contributed by atoms with van der Waals surface area (Å²) in [4.78, 5) is 26.5. The lowest BCUT2D eigenvalue weighted by atomic mass is 10.2. The molecule has 0 bridgehead atoms. The first-order chi connectivity index (χ1) is 10.3. The van der Waals surface area contributed by atoms with Gasteiger partial charge < -0.3 is 15.0 Å². The van der Waals surface area contributed by atoms with Crippen molar-refractivity contribution in [3.05, 3.63) is 22.4 Å². The maximum Gasteiger partial charge on any atom is 0.248 e. The zero-order valence-corrected chi connectivity index (χ0v) is 13.0. The minimum absolute atomic E-state index is 0.00752. The largest absolute Gasteiger partial charge is 0.362 e. The Bertz CT molecular complexity index is 440. The Labute approximate surface area is 129 Å². The normalized spacial score (nSPS) is 15.5. The molecular formula is C15H22N2O3S. The third kappa shape index (κ3) is 5.85. The molecule has 1 aliphatic heterocycles. The number of amides is 2. The van der Waals surface area contributed by atoms with E-state index in [0.717, 1.165) is 30.8 Å². The fourth-order valence-corrected chi connectivity index (χ4v) is 2.94. The Morgan fingerprint density at radius 2 is 1.95 bits per heavy atom. The molecule has 1 saturated heterocycles. The van der Waals surface area contributed by atoms with E-state index in [2.05, 4.69) is 5.32 Å². The monoisotopic (exact) mass is 310 g/mol. The maximum absolute atomic E-state index is 11.9. The van der Waals surface area contributed by atoms with Crippen molar-refractivity contribution >= 4 is 23.2 Å². The van der Waals surface area contributed by atoms with Crippen LogP contribution in [0.5, 0.6) is 0 Å². The number of nitrogens with one attached hydrogen (secondary N) is 1. The van der Waals surface area contributed by atoms with E-state index in [4.69, 9.17) is 4.74 Å². The maximum atomic E-state index is 11.9. The van der Waals surface area contributed by atoms with Gasteiger partial charge in [-0.1, -0.05) is 18.9 Å². The van der Waals surface area contributed by atoms with Gasteiger partial charge in [-0.2, -0.15) is 0 Å². The van der Waals surface area contributed by atoms with Crippen LogP contribution >= 0.6 is 11.3 Å². The number of carbonyl (C=O) groups is 2. The number of nitrogens with zero attached hydrogens (tertiary/aromatic N) is 1. The second-order valence-corrected chi connectivity index (χ2v) is 6.18. The highest BCUT2D eigenvalue weighted by Crippen LogP contribution is 2.10. The van der Waals surface area contributed by atoms with E-state index in [1.807, 2.05) is 22.4 Å². The fourth-order valence-electron chi connectivity index (χ4n) is 2.29. The molecule has 0 aromatic carbocycles. The van der Waals surface area contributed by atoms with E-state index in [0.29, 0.717) is 6.54 Å². The van der Waals surface area contributed by atoms with Crippen molar-refractivity contribution in [2.24, 2.45) is 0 Å². The smallest absolute Gasteiger partial charge is 0.248 e. The predicted molar refractivity (Wildman–Crippen MR) is 82.0 cm³/mol. The van der Waals surface area contributed by atoms with Gasteiger partial charge in [-0.25, -0.2) is 0 Å². The number of ether oxygens (including phenoxy) is 1. The summed E-state index contributed by atoms with van der Waals surface area (Å²) in [7, 11) is 0. The molecule has 21 heavy (non-hydrogen) atoms. The molecule has 1 aliphatic rings. The van der Waals surface area contributed by atoms with Gasteiger partial charge in [-0.05, 0) is 24.3 Å². The van der Waals surface area contributed by atoms with Crippen LogP contribution in [0, 0.1) is 0 Å². The third-order valence-electron chi connectivity index (χ3n) is 3.46. The van der Waals surface area contributed by atoms with E-state index < -0.39 is 0 Å². The van der Waals surface area contributed by atoms with Gasteiger partial charge in [0.25, 0.3) is 0 Å². The number of rotatable bonds is 6. The predicted octanol–water partition coefficient (Wildman–Crippen LogP) is 1.78. The summed E-state index contributed by atoms with van der Waals surface area (Å²) in [5, 5.41) is 4.74. The summed E-state index contributed by atoms with van der Waals surface area (Å²) >= 11 is 1.60. The van der Waals surface area contributed by atoms with Crippen LogP contribution in [0.4, 0.5) is 0 Å². The Kier molecular flexibility index (Phi) is 6.69. The molecule has 0 aliphatic carbocycles. The molecule has 6 heteroatoms. The lowest BCUT2D eigenvalue weighted by Gasteiger charge is -2.19. The quantitative estimate of drug-likeness (QED) is 0.871. The second kappa shape index (κ2) is 8.79. The van der Waals surface area contributed by atoms with Crippen LogP contribution in [0.15, 0.2) is 17.5 Å². The highest BCUT2D eigenvalue weighted by molar-refractivity contribution is 7.09. The van der Waals surface area contributed by atoms with Crippen molar-refractivity contribution in [1.82, 2.24) is 10.2 Å². The molecule has 2 amide bonds. The minimum atomic E-state index is -0.188. The van der Waals surface area contributed by atoms with Crippen LogP contribution < -0.4 is 5.32 Å². The van der Waals surface area contributed by atoms with Crippen LogP contribution in [0.2, 0.25) is 0 Å². The average Bonchev–Trinajstić information content (AvgIpc) is 2.85. The highest BCUT2D eigenvalue weighted by Gasteiger charge is 2.15. The molecule has 0 saturated carbocycles. The minimum Gasteiger partial charge on any atom is -0.362 e. The second-order valence-electron chi connectivity index (χ2n) is 5.14. The summed E-state index contributed by atoms with van der Waals surface area (Å²) in [5.41, 5.74) is 0. The summed E-state index contributed by atoms with van der Waals surface area (Å²) in [6, 6.07) is 3.91. The molecule has 5 nitrogen and oxygen atoms in total. The molecular weight excluding hydrogens is 288 g/mol. The molecule has 1 N–H and O–H groups in total. The fraction of sp³-hybridized carbons (Fsp3) is 0.600. The highest BCUT2D eigenvalue weighted by atomic mass is 32.1. The van der Waals surface area contributed by atoms with E-state index in [-0.39, 0.29) is 25.0 Å². The molecule has 2 heterocycles. The Balaban J connectivity index is 1.59. The van der Waals surface area contributed by atoms with Crippen molar-refractivity contribution in [3.63, 3.8) is 0 Å². The van der Waals surface area contributed by atoms with Crippen LogP contribution in [0.25, 0.3) is 0 Å². The molecule has 0 atom stereocenters. The van der Waals surface area contributed by atoms with E-state index in [1.165, 1.54) is 12.8 Å². The van der Waals surface area contributed by atoms with Crippen molar-refractivity contribution in [3.8, 4) is 0 Å². The van der Waals surface area contributed by atoms with Gasteiger partial charge in [0.15, 0.2) is 0 Å². The molecule has 0 spiro atoms. The average molecular weight is 310 g/mol. The number of hydrogen-bond donors (Lipinski definition) is 1. The summed E-state index contributed by atoms with van der Waals surface area (Å²) < 4.78 is 5.22. The van der Waals surface area contributed by atoms with Crippen molar-refractivity contribution < 1.29 is 14.3 Å². The van der Waals surface area contributed by atoms with Crippen LogP contribution in [0.1, 0.15) is 30.6 Å². The van der Waals surface area contributed by atoms with Crippen molar-refractivity contribution in [2.75, 3.05) is 26.3 Å². The molecule has 1 aromatic heterocycles. The van der Waals surface area contributed by atoms with Crippen LogP contribution in [-0.4, -0.2) is 43.0 Å². The van der Waals surface area contributed by atoms with Gasteiger partial charge >= 0.3 is 0 Å². The molecule has 1 aromatic rings. The van der Waals surface area contributed by atoms with E-state index in [9.17, 15) is 9.59 Å². The molecule has 2 rings (SSSR count). The van der Waals surface area contributed by atoms with Gasteiger partial charge in [-0.15, -0.1) is 11.3 Å². The first-order valence-corrected chi connectivity index (χ1v) is 8.28. The molecule has 0 radical (unpaired) electrons. The topological polar surface area (TPSA) is 58.6 Å². The first kappa shape index (κ1) is 16.0. The summed E-state index contributed by atoms with van der Waals surface area (Å²) in [5.74, 6) is -0.199. The van der Waals surface area contributed by atoms with E-state index in [1.54, 1.807) is 11.3 Å². The first-order valence-electron chi connectivity index (χ1n) is 7.40. The number of carbonyl (C=O) groups excluding carboxylic acids is 2. The Morgan fingerprint density at radius 1 is 1.19 bits per heavy atom. The van der Waals surface area contributed by atoms with Crippen LogP contribution in [-0.2, 0) is 20.9 Å². The van der Waals surface area contributed by atoms with Crippen molar-refractivity contribution in [1.29, 1.82) is 0 Å². The number of hydrogen-bond acceptors (Lipinski definition) is 4. The number of thiophene rings is 1. The van der Waals surface area contributed by atoms with E-state index >= 15 is 0 Å². The standard InChI is InChI=1S/C15H22N2O3S/c18-14(16-10-13-6-5-9-21-13)11-20-12-15(19)17-7-3-1-2-4-8-17/h5-6,9H,1-4,7-8,10-12H2,(H,16,18). The summed E-state index contributed by atoms with van der Waals surface area (Å²) in [6.45, 7) is 2.07.